The molecule has 118 valence electrons. The molecule has 0 saturated heterocycles. The van der Waals surface area contributed by atoms with Crippen LogP contribution in [0.4, 0.5) is 9.59 Å². The second-order valence-corrected chi connectivity index (χ2v) is 5.11. The molecule has 1 atom stereocenters. The largest absolute Gasteiger partial charge is 0.444 e. The van der Waals surface area contributed by atoms with E-state index < -0.39 is 28.6 Å². The first-order valence-corrected chi connectivity index (χ1v) is 7.35. The summed E-state index contributed by atoms with van der Waals surface area (Å²) in [5.41, 5.74) is 0. The number of rotatable bonds is 6. The number of carbonyl (C=O) groups is 2. The van der Waals surface area contributed by atoms with Gasteiger partial charge in [-0.15, -0.1) is 6.58 Å². The molecule has 0 aromatic heterocycles. The van der Waals surface area contributed by atoms with E-state index in [9.17, 15) is 9.59 Å². The minimum Gasteiger partial charge on any atom is -0.432 e. The lowest BCUT2D eigenvalue weighted by Crippen LogP contribution is -2.69. The van der Waals surface area contributed by atoms with Gasteiger partial charge in [-0.05, 0) is 25.8 Å². The summed E-state index contributed by atoms with van der Waals surface area (Å²) in [5.74, 6) is 0.485. The number of nitrogens with zero attached hydrogens (tertiary/aromatic N) is 1. The molecule has 0 bridgehead atoms. The molecule has 0 heterocycles. The monoisotopic (exact) mass is 315 g/mol. The molecular weight excluding hydrogens is 292 g/mol. The number of amidine groups is 1. The third-order valence-corrected chi connectivity index (χ3v) is 3.37. The van der Waals surface area contributed by atoms with Crippen molar-refractivity contribution in [3.05, 3.63) is 25.3 Å². The first-order chi connectivity index (χ1) is 9.89. The fraction of sp³-hybridized carbons (Fsp3) is 0.462. The Kier molecular flexibility index (Phi) is 8.41. The molecule has 0 rings (SSSR count). The molecule has 0 aromatic rings. The van der Waals surface area contributed by atoms with Crippen molar-refractivity contribution in [1.29, 1.82) is 5.41 Å². The van der Waals surface area contributed by atoms with E-state index in [1.54, 1.807) is 19.9 Å². The van der Waals surface area contributed by atoms with Crippen LogP contribution in [0.15, 0.2) is 25.3 Å². The Bertz CT molecular complexity index is 426. The summed E-state index contributed by atoms with van der Waals surface area (Å²) in [4.78, 5) is 24.8. The first kappa shape index (κ1) is 19.2. The van der Waals surface area contributed by atoms with Gasteiger partial charge in [0.15, 0.2) is 0 Å². The van der Waals surface area contributed by atoms with Crippen LogP contribution >= 0.6 is 11.9 Å². The topological polar surface area (TPSA) is 91.3 Å². The van der Waals surface area contributed by atoms with Gasteiger partial charge in [-0.1, -0.05) is 23.2 Å². The SMILES string of the molecule is C=CCOC(=N)[N+](C(=O)NC)(C(=O)NSCC=C)C(C)C. The van der Waals surface area contributed by atoms with Crippen molar-refractivity contribution in [2.24, 2.45) is 0 Å². The number of quaternary nitrogens is 1. The summed E-state index contributed by atoms with van der Waals surface area (Å²) >= 11 is 1.09. The van der Waals surface area contributed by atoms with Crippen LogP contribution in [0.2, 0.25) is 0 Å². The van der Waals surface area contributed by atoms with Crippen molar-refractivity contribution in [3.8, 4) is 0 Å². The molecule has 4 amide bonds. The lowest BCUT2D eigenvalue weighted by Gasteiger charge is -2.33. The van der Waals surface area contributed by atoms with Gasteiger partial charge in [-0.25, -0.2) is 19.7 Å². The van der Waals surface area contributed by atoms with E-state index >= 15 is 0 Å². The third-order valence-electron chi connectivity index (χ3n) is 2.65. The van der Waals surface area contributed by atoms with Crippen molar-refractivity contribution in [2.75, 3.05) is 19.4 Å². The maximum atomic E-state index is 12.5. The Balaban J connectivity index is 5.53. The highest BCUT2D eigenvalue weighted by molar-refractivity contribution is 7.98. The van der Waals surface area contributed by atoms with E-state index in [4.69, 9.17) is 10.1 Å². The zero-order valence-corrected chi connectivity index (χ0v) is 13.5. The minimum absolute atomic E-state index is 0.0373. The Morgan fingerprint density at radius 2 is 1.95 bits per heavy atom. The maximum Gasteiger partial charge on any atom is 0.444 e. The Morgan fingerprint density at radius 1 is 1.33 bits per heavy atom. The van der Waals surface area contributed by atoms with Crippen molar-refractivity contribution in [3.63, 3.8) is 0 Å². The van der Waals surface area contributed by atoms with Crippen molar-refractivity contribution >= 4 is 30.0 Å². The van der Waals surface area contributed by atoms with Crippen LogP contribution in [0.25, 0.3) is 0 Å². The third kappa shape index (κ3) is 4.33. The number of hydrogen-bond acceptors (Lipinski definition) is 5. The number of carbonyl (C=O) groups excluding carboxylic acids is 2. The molecule has 0 radical (unpaired) electrons. The normalized spacial score (nSPS) is 13.0. The first-order valence-electron chi connectivity index (χ1n) is 6.36. The van der Waals surface area contributed by atoms with Gasteiger partial charge in [0.05, 0.1) is 0 Å². The minimum atomic E-state index is -0.908. The van der Waals surface area contributed by atoms with Gasteiger partial charge < -0.3 is 10.1 Å². The average Bonchev–Trinajstić information content (AvgIpc) is 2.45. The highest BCUT2D eigenvalue weighted by atomic mass is 32.2. The smallest absolute Gasteiger partial charge is 0.432 e. The Labute approximate surface area is 129 Å². The van der Waals surface area contributed by atoms with Gasteiger partial charge in [0.25, 0.3) is 0 Å². The van der Waals surface area contributed by atoms with Crippen LogP contribution in [0.3, 0.4) is 0 Å². The molecule has 1 unspecified atom stereocenters. The van der Waals surface area contributed by atoms with Crippen molar-refractivity contribution < 1.29 is 18.8 Å². The summed E-state index contributed by atoms with van der Waals surface area (Å²) in [7, 11) is 1.41. The van der Waals surface area contributed by atoms with Crippen molar-refractivity contribution in [1.82, 2.24) is 10.0 Å². The van der Waals surface area contributed by atoms with Crippen LogP contribution in [-0.2, 0) is 4.74 Å². The van der Waals surface area contributed by atoms with E-state index in [1.165, 1.54) is 13.1 Å². The predicted molar refractivity (Wildman–Crippen MR) is 84.9 cm³/mol. The second-order valence-electron chi connectivity index (χ2n) is 4.28. The molecule has 8 heteroatoms. The van der Waals surface area contributed by atoms with Gasteiger partial charge in [0.1, 0.15) is 12.6 Å². The zero-order chi connectivity index (χ0) is 16.5. The van der Waals surface area contributed by atoms with Gasteiger partial charge in [0.2, 0.25) is 0 Å². The molecular formula is C13H23N4O3S+. The van der Waals surface area contributed by atoms with Gasteiger partial charge >= 0.3 is 18.1 Å². The molecule has 0 aliphatic carbocycles. The van der Waals surface area contributed by atoms with E-state index in [0.717, 1.165) is 11.9 Å². The van der Waals surface area contributed by atoms with Crippen LogP contribution in [0.5, 0.6) is 0 Å². The molecule has 0 spiro atoms. The quantitative estimate of drug-likeness (QED) is 0.175. The lowest BCUT2D eigenvalue weighted by molar-refractivity contribution is -0.709. The summed E-state index contributed by atoms with van der Waals surface area (Å²) in [6, 6.07) is -2.27. The summed E-state index contributed by atoms with van der Waals surface area (Å²) in [5, 5.41) is 10.4. The zero-order valence-electron chi connectivity index (χ0n) is 12.6. The molecule has 7 nitrogen and oxygen atoms in total. The maximum absolute atomic E-state index is 12.5. The highest BCUT2D eigenvalue weighted by Crippen LogP contribution is 2.19. The molecule has 0 aliphatic heterocycles. The highest BCUT2D eigenvalue weighted by Gasteiger charge is 2.54. The van der Waals surface area contributed by atoms with Crippen LogP contribution in [0, 0.1) is 5.41 Å². The van der Waals surface area contributed by atoms with Crippen LogP contribution in [-0.4, -0.2) is 48.0 Å². The van der Waals surface area contributed by atoms with Crippen LogP contribution < -0.4 is 10.0 Å². The molecule has 0 fully saturated rings. The fourth-order valence-corrected chi connectivity index (χ4v) is 2.10. The molecule has 0 aliphatic rings. The Hall–Kier alpha value is -1.80. The summed E-state index contributed by atoms with van der Waals surface area (Å²) in [6.07, 6.45) is 3.06. The van der Waals surface area contributed by atoms with Crippen molar-refractivity contribution in [2.45, 2.75) is 19.9 Å². The van der Waals surface area contributed by atoms with E-state index in [2.05, 4.69) is 23.2 Å². The second kappa shape index (κ2) is 9.19. The number of ether oxygens (including phenoxy) is 1. The molecule has 0 aromatic carbocycles. The van der Waals surface area contributed by atoms with Gasteiger partial charge in [0, 0.05) is 12.8 Å². The number of hydrogen-bond donors (Lipinski definition) is 3. The number of amides is 4. The number of urea groups is 2. The molecule has 21 heavy (non-hydrogen) atoms. The average molecular weight is 315 g/mol. The standard InChI is InChI=1S/C13H22N4O3S/c1-6-8-20-11(14)17(10(3)4,12(18)15-5)13(19)16-21-9-7-2/h6-7,10,14H,1-2,8-9H2,3-5H3,(H-,15,16,18,19)/p+1. The molecule has 0 saturated carbocycles. The van der Waals surface area contributed by atoms with Gasteiger partial charge in [-0.3, -0.25) is 0 Å². The van der Waals surface area contributed by atoms with E-state index in [-0.39, 0.29) is 6.61 Å². The van der Waals surface area contributed by atoms with Crippen LogP contribution in [0.1, 0.15) is 13.8 Å². The fourth-order valence-electron chi connectivity index (χ4n) is 1.63. The van der Waals surface area contributed by atoms with Gasteiger partial charge in [-0.2, -0.15) is 0 Å². The predicted octanol–water partition coefficient (Wildman–Crippen LogP) is 2.23. The van der Waals surface area contributed by atoms with E-state index in [1.807, 2.05) is 0 Å². The molecule has 3 N–H and O–H groups in total. The number of nitrogens with one attached hydrogen (secondary N) is 3. The number of imide groups is 1. The summed E-state index contributed by atoms with van der Waals surface area (Å²) in [6.45, 7) is 10.4. The lowest BCUT2D eigenvalue weighted by atomic mass is 10.3. The summed E-state index contributed by atoms with van der Waals surface area (Å²) < 4.78 is 6.80. The van der Waals surface area contributed by atoms with E-state index in [0.29, 0.717) is 5.75 Å². The Morgan fingerprint density at radius 3 is 2.38 bits per heavy atom.